The first-order valence-electron chi connectivity index (χ1n) is 6.68. The summed E-state index contributed by atoms with van der Waals surface area (Å²) in [4.78, 5) is 16.7. The molecule has 0 bridgehead atoms. The van der Waals surface area contributed by atoms with Gasteiger partial charge in [-0.05, 0) is 31.2 Å². The first-order chi connectivity index (χ1) is 10.6. The zero-order chi connectivity index (χ0) is 15.7. The minimum absolute atomic E-state index is 0.303. The van der Waals surface area contributed by atoms with E-state index in [0.29, 0.717) is 28.5 Å². The quantitative estimate of drug-likeness (QED) is 0.808. The second-order valence-corrected chi connectivity index (χ2v) is 4.81. The maximum Gasteiger partial charge on any atom is 0.274 e. The van der Waals surface area contributed by atoms with Gasteiger partial charge in [0.1, 0.15) is 22.9 Å². The van der Waals surface area contributed by atoms with Crippen molar-refractivity contribution < 1.29 is 13.9 Å². The summed E-state index contributed by atoms with van der Waals surface area (Å²) in [5.41, 5.74) is 1.95. The number of ether oxygens (including phenoxy) is 1. The third-order valence-corrected chi connectivity index (χ3v) is 3.30. The van der Waals surface area contributed by atoms with Gasteiger partial charge in [0, 0.05) is 18.0 Å². The van der Waals surface area contributed by atoms with Gasteiger partial charge in [0.25, 0.3) is 5.91 Å². The van der Waals surface area contributed by atoms with E-state index < -0.39 is 5.82 Å². The standard InChI is InChI=1S/C16H14FN3O2/c1-10-15(20-9-11(17)6-7-14(20)18-10)16(21)19-12-4-3-5-13(8-12)22-2/h3-9H,1-2H3,(H,19,21). The van der Waals surface area contributed by atoms with Gasteiger partial charge in [-0.2, -0.15) is 0 Å². The predicted octanol–water partition coefficient (Wildman–Crippen LogP) is 3.04. The van der Waals surface area contributed by atoms with E-state index in [1.165, 1.54) is 22.7 Å². The van der Waals surface area contributed by atoms with Gasteiger partial charge in [-0.15, -0.1) is 0 Å². The van der Waals surface area contributed by atoms with E-state index in [1.54, 1.807) is 38.3 Å². The van der Waals surface area contributed by atoms with Crippen molar-refractivity contribution in [3.8, 4) is 5.75 Å². The fourth-order valence-corrected chi connectivity index (χ4v) is 2.30. The Morgan fingerprint density at radius 3 is 2.91 bits per heavy atom. The molecule has 112 valence electrons. The molecule has 0 fully saturated rings. The Hall–Kier alpha value is -2.89. The van der Waals surface area contributed by atoms with Gasteiger partial charge in [-0.3, -0.25) is 9.20 Å². The molecule has 5 nitrogen and oxygen atoms in total. The molecular weight excluding hydrogens is 285 g/mol. The summed E-state index contributed by atoms with van der Waals surface area (Å²) in [6.45, 7) is 1.71. The Bertz CT molecular complexity index is 858. The smallest absolute Gasteiger partial charge is 0.274 e. The number of carbonyl (C=O) groups excluding carboxylic acids is 1. The van der Waals surface area contributed by atoms with Gasteiger partial charge in [-0.1, -0.05) is 6.07 Å². The summed E-state index contributed by atoms with van der Waals surface area (Å²) < 4.78 is 20.0. The topological polar surface area (TPSA) is 55.6 Å². The molecule has 3 aromatic rings. The second kappa shape index (κ2) is 5.48. The van der Waals surface area contributed by atoms with Crippen LogP contribution in [0.25, 0.3) is 5.65 Å². The molecule has 0 aliphatic rings. The van der Waals surface area contributed by atoms with E-state index >= 15 is 0 Å². The summed E-state index contributed by atoms with van der Waals surface area (Å²) in [7, 11) is 1.55. The van der Waals surface area contributed by atoms with Crippen molar-refractivity contribution in [3.05, 3.63) is 59.8 Å². The largest absolute Gasteiger partial charge is 0.497 e. The van der Waals surface area contributed by atoms with Crippen molar-refractivity contribution in [2.24, 2.45) is 0 Å². The molecule has 1 aromatic carbocycles. The van der Waals surface area contributed by atoms with Crippen molar-refractivity contribution in [1.29, 1.82) is 0 Å². The number of nitrogens with zero attached hydrogens (tertiary/aromatic N) is 2. The fourth-order valence-electron chi connectivity index (χ4n) is 2.30. The minimum atomic E-state index is -0.430. The van der Waals surface area contributed by atoms with Crippen LogP contribution in [0.2, 0.25) is 0 Å². The van der Waals surface area contributed by atoms with E-state index in [4.69, 9.17) is 4.74 Å². The monoisotopic (exact) mass is 299 g/mol. The maximum atomic E-state index is 13.4. The first-order valence-corrected chi connectivity index (χ1v) is 6.68. The molecule has 2 aromatic heterocycles. The number of aryl methyl sites for hydroxylation is 1. The molecule has 0 unspecified atom stereocenters. The number of anilines is 1. The van der Waals surface area contributed by atoms with Crippen LogP contribution >= 0.6 is 0 Å². The molecule has 0 spiro atoms. The lowest BCUT2D eigenvalue weighted by Gasteiger charge is -2.07. The fraction of sp³-hybridized carbons (Fsp3) is 0.125. The number of pyridine rings is 1. The predicted molar refractivity (Wildman–Crippen MR) is 80.8 cm³/mol. The zero-order valence-electron chi connectivity index (χ0n) is 12.1. The summed E-state index contributed by atoms with van der Waals surface area (Å²) >= 11 is 0. The van der Waals surface area contributed by atoms with E-state index in [1.807, 2.05) is 0 Å². The Morgan fingerprint density at radius 1 is 1.32 bits per heavy atom. The highest BCUT2D eigenvalue weighted by Crippen LogP contribution is 2.19. The number of rotatable bonds is 3. The number of nitrogens with one attached hydrogen (secondary N) is 1. The van der Waals surface area contributed by atoms with Crippen LogP contribution in [0.3, 0.4) is 0 Å². The van der Waals surface area contributed by atoms with Crippen LogP contribution in [-0.4, -0.2) is 22.4 Å². The summed E-state index contributed by atoms with van der Waals surface area (Å²) in [6.07, 6.45) is 1.25. The number of aromatic nitrogens is 2. The average Bonchev–Trinajstić information content (AvgIpc) is 2.82. The number of benzene rings is 1. The highest BCUT2D eigenvalue weighted by molar-refractivity contribution is 6.04. The molecule has 6 heteroatoms. The van der Waals surface area contributed by atoms with Crippen molar-refractivity contribution in [2.75, 3.05) is 12.4 Å². The molecule has 1 N–H and O–H groups in total. The van der Waals surface area contributed by atoms with Crippen LogP contribution in [0.15, 0.2) is 42.6 Å². The molecule has 0 saturated heterocycles. The average molecular weight is 299 g/mol. The van der Waals surface area contributed by atoms with Crippen LogP contribution in [-0.2, 0) is 0 Å². The second-order valence-electron chi connectivity index (χ2n) is 4.81. The zero-order valence-corrected chi connectivity index (χ0v) is 12.1. The third kappa shape index (κ3) is 2.50. The highest BCUT2D eigenvalue weighted by Gasteiger charge is 2.17. The number of amides is 1. The van der Waals surface area contributed by atoms with E-state index in [-0.39, 0.29) is 5.91 Å². The molecule has 0 atom stereocenters. The Balaban J connectivity index is 1.98. The molecule has 2 heterocycles. The summed E-state index contributed by atoms with van der Waals surface area (Å²) in [5, 5.41) is 2.77. The SMILES string of the molecule is COc1cccc(NC(=O)c2c(C)nc3ccc(F)cn23)c1. The lowest BCUT2D eigenvalue weighted by Crippen LogP contribution is -2.15. The van der Waals surface area contributed by atoms with Crippen LogP contribution in [0.1, 0.15) is 16.2 Å². The number of imidazole rings is 1. The van der Waals surface area contributed by atoms with Gasteiger partial charge in [-0.25, -0.2) is 9.37 Å². The lowest BCUT2D eigenvalue weighted by atomic mass is 10.2. The number of fused-ring (bicyclic) bond motifs is 1. The lowest BCUT2D eigenvalue weighted by molar-refractivity contribution is 0.102. The van der Waals surface area contributed by atoms with E-state index in [2.05, 4.69) is 10.3 Å². The highest BCUT2D eigenvalue weighted by atomic mass is 19.1. The number of methoxy groups -OCH3 is 1. The number of carbonyl (C=O) groups is 1. The van der Waals surface area contributed by atoms with Gasteiger partial charge in [0.2, 0.25) is 0 Å². The molecule has 0 saturated carbocycles. The molecule has 0 aliphatic carbocycles. The minimum Gasteiger partial charge on any atom is -0.497 e. The maximum absolute atomic E-state index is 13.4. The number of halogens is 1. The third-order valence-electron chi connectivity index (χ3n) is 3.30. The Morgan fingerprint density at radius 2 is 2.14 bits per heavy atom. The van der Waals surface area contributed by atoms with Gasteiger partial charge < -0.3 is 10.1 Å². The van der Waals surface area contributed by atoms with Gasteiger partial charge >= 0.3 is 0 Å². The van der Waals surface area contributed by atoms with Crippen LogP contribution < -0.4 is 10.1 Å². The molecular formula is C16H14FN3O2. The van der Waals surface area contributed by atoms with Gasteiger partial charge in [0.15, 0.2) is 0 Å². The van der Waals surface area contributed by atoms with Crippen molar-refractivity contribution in [3.63, 3.8) is 0 Å². The molecule has 3 rings (SSSR count). The molecule has 0 radical (unpaired) electrons. The molecule has 1 amide bonds. The van der Waals surface area contributed by atoms with Crippen molar-refractivity contribution in [2.45, 2.75) is 6.92 Å². The van der Waals surface area contributed by atoms with Gasteiger partial charge in [0.05, 0.1) is 12.8 Å². The van der Waals surface area contributed by atoms with E-state index in [9.17, 15) is 9.18 Å². The van der Waals surface area contributed by atoms with E-state index in [0.717, 1.165) is 0 Å². The molecule has 22 heavy (non-hydrogen) atoms. The Kier molecular flexibility index (Phi) is 3.50. The Labute approximate surface area is 126 Å². The van der Waals surface area contributed by atoms with Crippen LogP contribution in [0.4, 0.5) is 10.1 Å². The van der Waals surface area contributed by atoms with Crippen LogP contribution in [0, 0.1) is 12.7 Å². The van der Waals surface area contributed by atoms with Crippen molar-refractivity contribution >= 4 is 17.2 Å². The number of hydrogen-bond donors (Lipinski definition) is 1. The van der Waals surface area contributed by atoms with Crippen molar-refractivity contribution in [1.82, 2.24) is 9.38 Å². The number of hydrogen-bond acceptors (Lipinski definition) is 3. The normalized spacial score (nSPS) is 10.7. The summed E-state index contributed by atoms with van der Waals surface area (Å²) in [6, 6.07) is 9.85. The molecule has 0 aliphatic heterocycles. The summed E-state index contributed by atoms with van der Waals surface area (Å²) in [5.74, 6) is -0.150. The first kappa shape index (κ1) is 14.1. The van der Waals surface area contributed by atoms with Crippen LogP contribution in [0.5, 0.6) is 5.75 Å².